The second-order valence-electron chi connectivity index (χ2n) is 5.54. The van der Waals surface area contributed by atoms with E-state index in [0.717, 1.165) is 21.7 Å². The van der Waals surface area contributed by atoms with E-state index in [9.17, 15) is 13.2 Å². The Labute approximate surface area is 147 Å². The maximum absolute atomic E-state index is 12.2. The molecule has 0 aliphatic carbocycles. The number of anilines is 1. The first-order valence-electron chi connectivity index (χ1n) is 7.31. The number of carbonyl (C=O) groups is 1. The van der Waals surface area contributed by atoms with Gasteiger partial charge in [0.15, 0.2) is 0 Å². The lowest BCUT2D eigenvalue weighted by molar-refractivity contribution is -0.116. The zero-order chi connectivity index (χ0) is 17.7. The van der Waals surface area contributed by atoms with Crippen LogP contribution in [0.15, 0.2) is 48.5 Å². The number of nitrogens with zero attached hydrogens (tertiary/aromatic N) is 1. The molecular formula is C17H19ClN2O3S. The Morgan fingerprint density at radius 1 is 1.12 bits per heavy atom. The minimum Gasteiger partial charge on any atom is -0.324 e. The number of hydrogen-bond donors (Lipinski definition) is 1. The van der Waals surface area contributed by atoms with Gasteiger partial charge in [-0.1, -0.05) is 53.6 Å². The number of hydrogen-bond acceptors (Lipinski definition) is 3. The molecule has 0 radical (unpaired) electrons. The van der Waals surface area contributed by atoms with Crippen molar-refractivity contribution in [1.82, 2.24) is 4.31 Å². The second kappa shape index (κ2) is 7.79. The number of rotatable bonds is 6. The first-order valence-corrected chi connectivity index (χ1v) is 9.53. The Balaban J connectivity index is 2.10. The van der Waals surface area contributed by atoms with E-state index in [1.54, 1.807) is 24.3 Å². The quantitative estimate of drug-likeness (QED) is 0.854. The molecule has 0 aromatic heterocycles. The average molecular weight is 367 g/mol. The molecule has 2 aromatic rings. The molecule has 0 aliphatic heterocycles. The lowest BCUT2D eigenvalue weighted by Gasteiger charge is -2.20. The predicted octanol–water partition coefficient (Wildman–Crippen LogP) is 3.05. The smallest absolute Gasteiger partial charge is 0.239 e. The summed E-state index contributed by atoms with van der Waals surface area (Å²) in [5.74, 6) is -0.444. The lowest BCUT2D eigenvalue weighted by Crippen LogP contribution is -2.36. The number of amides is 1. The molecule has 0 unspecified atom stereocenters. The van der Waals surface area contributed by atoms with Crippen LogP contribution >= 0.6 is 11.6 Å². The summed E-state index contributed by atoms with van der Waals surface area (Å²) < 4.78 is 25.1. The molecule has 0 atom stereocenters. The molecule has 0 heterocycles. The Morgan fingerprint density at radius 3 is 2.33 bits per heavy atom. The first-order chi connectivity index (χ1) is 11.3. The number of sulfonamides is 1. The number of aryl methyl sites for hydroxylation is 1. The minimum atomic E-state index is -3.53. The fraction of sp³-hybridized carbons (Fsp3) is 0.235. The van der Waals surface area contributed by atoms with Gasteiger partial charge in [-0.2, -0.15) is 4.31 Å². The normalized spacial score (nSPS) is 11.5. The highest BCUT2D eigenvalue weighted by Gasteiger charge is 2.21. The van der Waals surface area contributed by atoms with Gasteiger partial charge in [-0.15, -0.1) is 0 Å². The maximum atomic E-state index is 12.2. The molecule has 1 N–H and O–H groups in total. The molecule has 1 amide bonds. The van der Waals surface area contributed by atoms with Gasteiger partial charge in [0.2, 0.25) is 15.9 Å². The molecule has 0 spiro atoms. The van der Waals surface area contributed by atoms with E-state index in [2.05, 4.69) is 5.32 Å². The van der Waals surface area contributed by atoms with Crippen molar-refractivity contribution >= 4 is 33.2 Å². The van der Waals surface area contributed by atoms with Crippen LogP contribution in [0.2, 0.25) is 5.02 Å². The Bertz CT molecular complexity index is 820. The van der Waals surface area contributed by atoms with Crippen LogP contribution in [0.3, 0.4) is 0 Å². The van der Waals surface area contributed by atoms with Crippen LogP contribution in [0.25, 0.3) is 0 Å². The summed E-state index contributed by atoms with van der Waals surface area (Å²) in [5, 5.41) is 3.03. The molecule has 0 saturated heterocycles. The minimum absolute atomic E-state index is 0.134. The van der Waals surface area contributed by atoms with E-state index in [0.29, 0.717) is 10.7 Å². The van der Waals surface area contributed by atoms with Gasteiger partial charge < -0.3 is 5.32 Å². The van der Waals surface area contributed by atoms with Crippen LogP contribution < -0.4 is 5.32 Å². The van der Waals surface area contributed by atoms with Crippen molar-refractivity contribution in [2.75, 3.05) is 18.1 Å². The largest absolute Gasteiger partial charge is 0.324 e. The Morgan fingerprint density at radius 2 is 1.75 bits per heavy atom. The van der Waals surface area contributed by atoms with E-state index >= 15 is 0 Å². The molecule has 24 heavy (non-hydrogen) atoms. The van der Waals surface area contributed by atoms with Crippen LogP contribution in [-0.4, -0.2) is 31.4 Å². The molecule has 0 aliphatic rings. The molecule has 0 saturated carbocycles. The summed E-state index contributed by atoms with van der Waals surface area (Å²) >= 11 is 5.99. The molecule has 7 heteroatoms. The second-order valence-corrected chi connectivity index (χ2v) is 7.93. The molecule has 0 bridgehead atoms. The highest BCUT2D eigenvalue weighted by Crippen LogP contribution is 2.20. The SMILES string of the molecule is Cc1ccc(CN(CC(=O)Nc2ccccc2Cl)S(C)(=O)=O)cc1. The van der Waals surface area contributed by atoms with Crippen LogP contribution in [0.5, 0.6) is 0 Å². The summed E-state index contributed by atoms with van der Waals surface area (Å²) in [6.07, 6.45) is 1.09. The predicted molar refractivity (Wildman–Crippen MR) is 96.5 cm³/mol. The van der Waals surface area contributed by atoms with Gasteiger partial charge in [0.1, 0.15) is 0 Å². The molecular weight excluding hydrogens is 348 g/mol. The fourth-order valence-electron chi connectivity index (χ4n) is 2.10. The first kappa shape index (κ1) is 18.4. The van der Waals surface area contributed by atoms with E-state index in [1.165, 1.54) is 0 Å². The number of carbonyl (C=O) groups excluding carboxylic acids is 1. The average Bonchev–Trinajstić information content (AvgIpc) is 2.50. The zero-order valence-electron chi connectivity index (χ0n) is 13.5. The van der Waals surface area contributed by atoms with Crippen LogP contribution in [0.1, 0.15) is 11.1 Å². The van der Waals surface area contributed by atoms with Crippen molar-refractivity contribution in [3.05, 3.63) is 64.7 Å². The number of nitrogens with one attached hydrogen (secondary N) is 1. The standard InChI is InChI=1S/C17H19ClN2O3S/c1-13-7-9-14(10-8-13)11-20(24(2,22)23)12-17(21)19-16-6-4-3-5-15(16)18/h3-10H,11-12H2,1-2H3,(H,19,21). The van der Waals surface area contributed by atoms with Gasteiger partial charge in [-0.25, -0.2) is 8.42 Å². The lowest BCUT2D eigenvalue weighted by atomic mass is 10.1. The highest BCUT2D eigenvalue weighted by molar-refractivity contribution is 7.88. The third-order valence-electron chi connectivity index (χ3n) is 3.42. The Kier molecular flexibility index (Phi) is 5.99. The van der Waals surface area contributed by atoms with Crippen molar-refractivity contribution < 1.29 is 13.2 Å². The number of para-hydroxylation sites is 1. The summed E-state index contributed by atoms with van der Waals surface area (Å²) in [6.45, 7) is 1.81. The zero-order valence-corrected chi connectivity index (χ0v) is 15.1. The van der Waals surface area contributed by atoms with Crippen molar-refractivity contribution in [1.29, 1.82) is 0 Å². The third kappa shape index (κ3) is 5.33. The van der Waals surface area contributed by atoms with Gasteiger partial charge >= 0.3 is 0 Å². The van der Waals surface area contributed by atoms with E-state index in [4.69, 9.17) is 11.6 Å². The van der Waals surface area contributed by atoms with E-state index in [-0.39, 0.29) is 13.1 Å². The number of halogens is 1. The molecule has 2 rings (SSSR count). The number of benzene rings is 2. The van der Waals surface area contributed by atoms with Gasteiger partial charge in [0, 0.05) is 6.54 Å². The summed E-state index contributed by atoms with van der Waals surface area (Å²) in [7, 11) is -3.53. The maximum Gasteiger partial charge on any atom is 0.239 e. The summed E-state index contributed by atoms with van der Waals surface area (Å²) in [5.41, 5.74) is 2.35. The van der Waals surface area contributed by atoms with Crippen molar-refractivity contribution in [3.63, 3.8) is 0 Å². The topological polar surface area (TPSA) is 66.5 Å². The monoisotopic (exact) mass is 366 g/mol. The van der Waals surface area contributed by atoms with E-state index < -0.39 is 15.9 Å². The third-order valence-corrected chi connectivity index (χ3v) is 4.94. The molecule has 0 fully saturated rings. The molecule has 5 nitrogen and oxygen atoms in total. The Hall–Kier alpha value is -1.89. The van der Waals surface area contributed by atoms with Gasteiger partial charge in [0.05, 0.1) is 23.5 Å². The van der Waals surface area contributed by atoms with Crippen LogP contribution in [0.4, 0.5) is 5.69 Å². The van der Waals surface area contributed by atoms with Crippen LogP contribution in [0, 0.1) is 6.92 Å². The summed E-state index contributed by atoms with van der Waals surface area (Å²) in [6, 6.07) is 14.3. The van der Waals surface area contributed by atoms with Crippen molar-refractivity contribution in [2.24, 2.45) is 0 Å². The van der Waals surface area contributed by atoms with Gasteiger partial charge in [0.25, 0.3) is 0 Å². The summed E-state index contributed by atoms with van der Waals surface area (Å²) in [4.78, 5) is 12.2. The van der Waals surface area contributed by atoms with Gasteiger partial charge in [-0.05, 0) is 24.6 Å². The van der Waals surface area contributed by atoms with Crippen LogP contribution in [-0.2, 0) is 21.4 Å². The van der Waals surface area contributed by atoms with Crippen molar-refractivity contribution in [3.8, 4) is 0 Å². The fourth-order valence-corrected chi connectivity index (χ4v) is 3.02. The highest BCUT2D eigenvalue weighted by atomic mass is 35.5. The molecule has 128 valence electrons. The van der Waals surface area contributed by atoms with E-state index in [1.807, 2.05) is 31.2 Å². The van der Waals surface area contributed by atoms with Crippen molar-refractivity contribution in [2.45, 2.75) is 13.5 Å². The molecule has 2 aromatic carbocycles. The van der Waals surface area contributed by atoms with Gasteiger partial charge in [-0.3, -0.25) is 4.79 Å².